The molecule has 0 amide bonds. The number of unbranched alkanes of at least 4 members (excludes halogenated alkanes) is 4. The molecule has 0 aromatic heterocycles. The smallest absolute Gasteiger partial charge is 0.0619 e. The molecule has 0 spiro atoms. The van der Waals surface area contributed by atoms with Crippen LogP contribution < -0.4 is 5.32 Å². The lowest BCUT2D eigenvalue weighted by molar-refractivity contribution is 0.106. The summed E-state index contributed by atoms with van der Waals surface area (Å²) in [5, 5.41) is 3.51. The largest absolute Gasteiger partial charge is 0.380 e. The first-order chi connectivity index (χ1) is 7.85. The molecule has 2 heteroatoms. The van der Waals surface area contributed by atoms with Gasteiger partial charge in [-0.3, -0.25) is 0 Å². The molecule has 0 aromatic rings. The van der Waals surface area contributed by atoms with E-state index >= 15 is 0 Å². The molecule has 1 atom stereocenters. The Hall–Kier alpha value is -0.0800. The van der Waals surface area contributed by atoms with Crippen molar-refractivity contribution in [1.29, 1.82) is 0 Å². The lowest BCUT2D eigenvalue weighted by atomic mass is 10.2. The zero-order valence-corrected chi connectivity index (χ0v) is 11.6. The summed E-state index contributed by atoms with van der Waals surface area (Å²) in [4.78, 5) is 0. The first-order valence-corrected chi connectivity index (χ1v) is 7.16. The lowest BCUT2D eigenvalue weighted by Gasteiger charge is -2.16. The van der Waals surface area contributed by atoms with Crippen molar-refractivity contribution < 1.29 is 4.74 Å². The molecule has 0 bridgehead atoms. The van der Waals surface area contributed by atoms with Crippen LogP contribution in [0.1, 0.15) is 65.7 Å². The Bertz CT molecular complexity index is 128. The Labute approximate surface area is 102 Å². The highest BCUT2D eigenvalue weighted by atomic mass is 16.5. The van der Waals surface area contributed by atoms with Gasteiger partial charge in [0.15, 0.2) is 0 Å². The molecule has 0 aromatic carbocycles. The van der Waals surface area contributed by atoms with Crippen LogP contribution in [0.3, 0.4) is 0 Å². The Morgan fingerprint density at radius 2 is 1.69 bits per heavy atom. The average molecular weight is 229 g/mol. The maximum atomic E-state index is 5.70. The molecule has 1 unspecified atom stereocenters. The minimum Gasteiger partial charge on any atom is -0.380 e. The van der Waals surface area contributed by atoms with Gasteiger partial charge in [0, 0.05) is 12.6 Å². The number of rotatable bonds is 12. The molecule has 0 saturated carbocycles. The highest BCUT2D eigenvalue weighted by Crippen LogP contribution is 2.02. The quantitative estimate of drug-likeness (QED) is 0.515. The van der Waals surface area contributed by atoms with E-state index in [9.17, 15) is 0 Å². The van der Waals surface area contributed by atoms with Crippen molar-refractivity contribution in [2.24, 2.45) is 0 Å². The van der Waals surface area contributed by atoms with Crippen LogP contribution in [0.4, 0.5) is 0 Å². The summed E-state index contributed by atoms with van der Waals surface area (Å²) in [6, 6.07) is 0.551. The molecular formula is C14H31NO. The maximum absolute atomic E-state index is 5.70. The molecular weight excluding hydrogens is 198 g/mol. The van der Waals surface area contributed by atoms with Crippen LogP contribution in [-0.2, 0) is 4.74 Å². The summed E-state index contributed by atoms with van der Waals surface area (Å²) < 4.78 is 5.70. The Kier molecular flexibility index (Phi) is 12.9. The first kappa shape index (κ1) is 15.9. The van der Waals surface area contributed by atoms with Crippen LogP contribution in [0.15, 0.2) is 0 Å². The van der Waals surface area contributed by atoms with Gasteiger partial charge in [0.25, 0.3) is 0 Å². The second kappa shape index (κ2) is 13.0. The minimum absolute atomic E-state index is 0.551. The summed E-state index contributed by atoms with van der Waals surface area (Å²) in [7, 11) is 0. The van der Waals surface area contributed by atoms with E-state index < -0.39 is 0 Å². The number of hydrogen-bond acceptors (Lipinski definition) is 2. The third-order valence-electron chi connectivity index (χ3n) is 2.89. The normalized spacial score (nSPS) is 12.9. The zero-order valence-electron chi connectivity index (χ0n) is 11.6. The lowest BCUT2D eigenvalue weighted by Crippen LogP contribution is -2.33. The minimum atomic E-state index is 0.551. The molecule has 1 N–H and O–H groups in total. The van der Waals surface area contributed by atoms with Gasteiger partial charge < -0.3 is 10.1 Å². The highest BCUT2D eigenvalue weighted by molar-refractivity contribution is 4.62. The van der Waals surface area contributed by atoms with Gasteiger partial charge in [-0.15, -0.1) is 0 Å². The third-order valence-corrected chi connectivity index (χ3v) is 2.89. The fraction of sp³-hybridized carbons (Fsp3) is 1.00. The van der Waals surface area contributed by atoms with Crippen molar-refractivity contribution in [3.05, 3.63) is 0 Å². The molecule has 0 heterocycles. The molecule has 2 nitrogen and oxygen atoms in total. The number of ether oxygens (including phenoxy) is 1. The van der Waals surface area contributed by atoms with Gasteiger partial charge in [0.05, 0.1) is 6.61 Å². The van der Waals surface area contributed by atoms with E-state index in [1.54, 1.807) is 0 Å². The third kappa shape index (κ3) is 10.4. The van der Waals surface area contributed by atoms with Crippen molar-refractivity contribution in [2.45, 2.75) is 71.8 Å². The van der Waals surface area contributed by atoms with Gasteiger partial charge in [-0.2, -0.15) is 0 Å². The molecule has 0 aliphatic rings. The van der Waals surface area contributed by atoms with Crippen LogP contribution in [0.25, 0.3) is 0 Å². The fourth-order valence-corrected chi connectivity index (χ4v) is 1.70. The SMILES string of the molecule is CCCCCCCOCC(CC)NCCC. The van der Waals surface area contributed by atoms with Crippen LogP contribution in [0.2, 0.25) is 0 Å². The van der Waals surface area contributed by atoms with Crippen LogP contribution in [0.5, 0.6) is 0 Å². The summed E-state index contributed by atoms with van der Waals surface area (Å²) in [6.07, 6.45) is 8.97. The van der Waals surface area contributed by atoms with E-state index in [1.165, 1.54) is 38.5 Å². The van der Waals surface area contributed by atoms with E-state index in [2.05, 4.69) is 26.1 Å². The summed E-state index contributed by atoms with van der Waals surface area (Å²) in [5.74, 6) is 0. The number of nitrogens with one attached hydrogen (secondary N) is 1. The number of hydrogen-bond donors (Lipinski definition) is 1. The van der Waals surface area contributed by atoms with Crippen molar-refractivity contribution in [3.63, 3.8) is 0 Å². The maximum Gasteiger partial charge on any atom is 0.0619 e. The van der Waals surface area contributed by atoms with Gasteiger partial charge in [0.2, 0.25) is 0 Å². The highest BCUT2D eigenvalue weighted by Gasteiger charge is 2.03. The second-order valence-electron chi connectivity index (χ2n) is 4.55. The van der Waals surface area contributed by atoms with Gasteiger partial charge in [-0.1, -0.05) is 46.5 Å². The van der Waals surface area contributed by atoms with E-state index in [-0.39, 0.29) is 0 Å². The Morgan fingerprint density at radius 1 is 0.938 bits per heavy atom. The Morgan fingerprint density at radius 3 is 2.31 bits per heavy atom. The summed E-state index contributed by atoms with van der Waals surface area (Å²) >= 11 is 0. The average Bonchev–Trinajstić information content (AvgIpc) is 2.32. The van der Waals surface area contributed by atoms with E-state index in [4.69, 9.17) is 4.74 Å². The molecule has 16 heavy (non-hydrogen) atoms. The monoisotopic (exact) mass is 229 g/mol. The first-order valence-electron chi connectivity index (χ1n) is 7.16. The molecule has 0 saturated heterocycles. The summed E-state index contributed by atoms with van der Waals surface area (Å²) in [6.45, 7) is 9.60. The van der Waals surface area contributed by atoms with Gasteiger partial charge in [0.1, 0.15) is 0 Å². The topological polar surface area (TPSA) is 21.3 Å². The molecule has 0 fully saturated rings. The fourth-order valence-electron chi connectivity index (χ4n) is 1.70. The standard InChI is InChI=1S/C14H31NO/c1-4-7-8-9-10-12-16-13-14(6-3)15-11-5-2/h14-15H,4-13H2,1-3H3. The van der Waals surface area contributed by atoms with Crippen molar-refractivity contribution in [3.8, 4) is 0 Å². The van der Waals surface area contributed by atoms with E-state index in [0.29, 0.717) is 6.04 Å². The van der Waals surface area contributed by atoms with Gasteiger partial charge in [-0.05, 0) is 25.8 Å². The zero-order chi connectivity index (χ0) is 12.1. The molecule has 98 valence electrons. The van der Waals surface area contributed by atoms with Crippen LogP contribution in [0, 0.1) is 0 Å². The van der Waals surface area contributed by atoms with Crippen LogP contribution >= 0.6 is 0 Å². The predicted molar refractivity (Wildman–Crippen MR) is 72.0 cm³/mol. The van der Waals surface area contributed by atoms with Crippen molar-refractivity contribution in [1.82, 2.24) is 5.32 Å². The molecule has 0 aliphatic carbocycles. The van der Waals surface area contributed by atoms with E-state index in [0.717, 1.165) is 26.2 Å². The second-order valence-corrected chi connectivity index (χ2v) is 4.55. The Balaban J connectivity index is 3.20. The van der Waals surface area contributed by atoms with Gasteiger partial charge in [-0.25, -0.2) is 0 Å². The van der Waals surface area contributed by atoms with E-state index in [1.807, 2.05) is 0 Å². The molecule has 0 aliphatic heterocycles. The predicted octanol–water partition coefficient (Wildman–Crippen LogP) is 3.75. The van der Waals surface area contributed by atoms with Crippen molar-refractivity contribution >= 4 is 0 Å². The summed E-state index contributed by atoms with van der Waals surface area (Å²) in [5.41, 5.74) is 0. The molecule has 0 rings (SSSR count). The van der Waals surface area contributed by atoms with Gasteiger partial charge >= 0.3 is 0 Å². The van der Waals surface area contributed by atoms with Crippen molar-refractivity contribution in [2.75, 3.05) is 19.8 Å². The molecule has 0 radical (unpaired) electrons. The van der Waals surface area contributed by atoms with Crippen LogP contribution in [-0.4, -0.2) is 25.8 Å².